The van der Waals surface area contributed by atoms with Crippen LogP contribution in [-0.4, -0.2) is 38.1 Å². The van der Waals surface area contributed by atoms with Crippen molar-refractivity contribution in [1.82, 2.24) is 10.2 Å². The summed E-state index contributed by atoms with van der Waals surface area (Å²) in [6.45, 7) is 1.44. The van der Waals surface area contributed by atoms with Gasteiger partial charge in [0.1, 0.15) is 11.6 Å². The maximum absolute atomic E-state index is 13.7. The number of nitrogens with zero attached hydrogens (tertiary/aromatic N) is 1. The number of nitrogens with one attached hydrogen (secondary N) is 1. The largest absolute Gasteiger partial charge is 0.484 e. The van der Waals surface area contributed by atoms with E-state index in [9.17, 15) is 9.18 Å². The number of carbonyl (C=O) groups is 1. The van der Waals surface area contributed by atoms with Crippen molar-refractivity contribution in [3.8, 4) is 5.75 Å². The minimum Gasteiger partial charge on any atom is -0.484 e. The summed E-state index contributed by atoms with van der Waals surface area (Å²) in [6, 6.07) is 12.4. The van der Waals surface area contributed by atoms with Gasteiger partial charge in [-0.3, -0.25) is 4.79 Å². The number of carbonyl (C=O) groups excluding carboxylic acids is 1. The van der Waals surface area contributed by atoms with Crippen molar-refractivity contribution in [3.05, 3.63) is 64.4 Å². The SMILES string of the molecule is CN(C)C(=O)COc1cccc(CNCCCc2c(F)cccc2Cl)c1. The lowest BCUT2D eigenvalue weighted by molar-refractivity contribution is -0.130. The molecule has 0 saturated carbocycles. The fourth-order valence-corrected chi connectivity index (χ4v) is 2.67. The number of hydrogen-bond acceptors (Lipinski definition) is 3. The third-order valence-corrected chi connectivity index (χ3v) is 4.28. The first kappa shape index (κ1) is 20.2. The molecule has 2 aromatic rings. The lowest BCUT2D eigenvalue weighted by Crippen LogP contribution is -2.27. The van der Waals surface area contributed by atoms with Crippen molar-refractivity contribution in [2.75, 3.05) is 27.2 Å². The van der Waals surface area contributed by atoms with Gasteiger partial charge in [0, 0.05) is 31.2 Å². The van der Waals surface area contributed by atoms with Gasteiger partial charge in [0.2, 0.25) is 0 Å². The lowest BCUT2D eigenvalue weighted by atomic mass is 10.1. The molecule has 0 fully saturated rings. The second kappa shape index (κ2) is 10.1. The van der Waals surface area contributed by atoms with E-state index >= 15 is 0 Å². The fourth-order valence-electron chi connectivity index (χ4n) is 2.41. The lowest BCUT2D eigenvalue weighted by Gasteiger charge is -2.12. The van der Waals surface area contributed by atoms with Crippen molar-refractivity contribution in [2.45, 2.75) is 19.4 Å². The zero-order valence-electron chi connectivity index (χ0n) is 15.1. The zero-order chi connectivity index (χ0) is 18.9. The Kier molecular flexibility index (Phi) is 7.88. The van der Waals surface area contributed by atoms with E-state index in [0.717, 1.165) is 18.5 Å². The van der Waals surface area contributed by atoms with E-state index in [2.05, 4.69) is 5.32 Å². The first-order valence-electron chi connectivity index (χ1n) is 8.53. The number of benzene rings is 2. The predicted octanol–water partition coefficient (Wildman–Crippen LogP) is 3.67. The van der Waals surface area contributed by atoms with E-state index in [-0.39, 0.29) is 18.3 Å². The van der Waals surface area contributed by atoms with Crippen molar-refractivity contribution in [3.63, 3.8) is 0 Å². The van der Waals surface area contributed by atoms with Gasteiger partial charge >= 0.3 is 0 Å². The molecule has 0 saturated heterocycles. The maximum atomic E-state index is 13.7. The second-order valence-corrected chi connectivity index (χ2v) is 6.61. The van der Waals surface area contributed by atoms with Gasteiger partial charge in [0.15, 0.2) is 6.61 Å². The highest BCUT2D eigenvalue weighted by atomic mass is 35.5. The Labute approximate surface area is 158 Å². The van der Waals surface area contributed by atoms with E-state index in [4.69, 9.17) is 16.3 Å². The topological polar surface area (TPSA) is 41.6 Å². The molecule has 0 atom stereocenters. The molecule has 0 radical (unpaired) electrons. The van der Waals surface area contributed by atoms with Crippen LogP contribution in [0.25, 0.3) is 0 Å². The molecule has 0 aliphatic carbocycles. The molecule has 0 aliphatic heterocycles. The maximum Gasteiger partial charge on any atom is 0.259 e. The molecule has 0 spiro atoms. The molecule has 4 nitrogen and oxygen atoms in total. The Bertz CT molecular complexity index is 717. The first-order chi connectivity index (χ1) is 12.5. The van der Waals surface area contributed by atoms with Gasteiger partial charge in [-0.15, -0.1) is 0 Å². The summed E-state index contributed by atoms with van der Waals surface area (Å²) in [5.41, 5.74) is 1.63. The molecule has 1 amide bonds. The molecular weight excluding hydrogens is 355 g/mol. The molecule has 0 aromatic heterocycles. The summed E-state index contributed by atoms with van der Waals surface area (Å²) in [6.07, 6.45) is 1.38. The Morgan fingerprint density at radius 1 is 1.23 bits per heavy atom. The molecule has 2 aromatic carbocycles. The molecule has 0 bridgehead atoms. The fraction of sp³-hybridized carbons (Fsp3) is 0.350. The van der Waals surface area contributed by atoms with Crippen LogP contribution in [0.1, 0.15) is 17.5 Å². The van der Waals surface area contributed by atoms with Crippen LogP contribution >= 0.6 is 11.6 Å². The van der Waals surface area contributed by atoms with Crippen molar-refractivity contribution < 1.29 is 13.9 Å². The quantitative estimate of drug-likeness (QED) is 0.677. The van der Waals surface area contributed by atoms with Crippen LogP contribution in [0.3, 0.4) is 0 Å². The van der Waals surface area contributed by atoms with Crippen LogP contribution in [0.2, 0.25) is 5.02 Å². The number of amides is 1. The third-order valence-electron chi connectivity index (χ3n) is 3.93. The molecule has 2 rings (SSSR count). The van der Waals surface area contributed by atoms with Crippen LogP contribution < -0.4 is 10.1 Å². The van der Waals surface area contributed by atoms with Crippen LogP contribution in [0.5, 0.6) is 5.75 Å². The van der Waals surface area contributed by atoms with Gasteiger partial charge in [-0.05, 0) is 49.2 Å². The number of rotatable bonds is 9. The molecule has 1 N–H and O–H groups in total. The van der Waals surface area contributed by atoms with Gasteiger partial charge in [-0.2, -0.15) is 0 Å². The number of hydrogen-bond donors (Lipinski definition) is 1. The van der Waals surface area contributed by atoms with Crippen LogP contribution in [-0.2, 0) is 17.8 Å². The predicted molar refractivity (Wildman–Crippen MR) is 102 cm³/mol. The average molecular weight is 379 g/mol. The molecule has 140 valence electrons. The van der Waals surface area contributed by atoms with Gasteiger partial charge in [0.25, 0.3) is 5.91 Å². The summed E-state index contributed by atoms with van der Waals surface area (Å²) in [7, 11) is 3.39. The summed E-state index contributed by atoms with van der Waals surface area (Å²) in [5, 5.41) is 3.80. The monoisotopic (exact) mass is 378 g/mol. The Hall–Kier alpha value is -2.11. The average Bonchev–Trinajstić information content (AvgIpc) is 2.62. The van der Waals surface area contributed by atoms with E-state index in [1.807, 2.05) is 24.3 Å². The van der Waals surface area contributed by atoms with E-state index in [0.29, 0.717) is 29.3 Å². The smallest absolute Gasteiger partial charge is 0.259 e. The first-order valence-corrected chi connectivity index (χ1v) is 8.90. The third kappa shape index (κ3) is 6.32. The zero-order valence-corrected chi connectivity index (χ0v) is 15.9. The van der Waals surface area contributed by atoms with Crippen molar-refractivity contribution >= 4 is 17.5 Å². The van der Waals surface area contributed by atoms with Gasteiger partial charge < -0.3 is 15.0 Å². The number of likely N-dealkylation sites (N-methyl/N-ethyl adjacent to an activating group) is 1. The van der Waals surface area contributed by atoms with Crippen LogP contribution in [0.15, 0.2) is 42.5 Å². The highest BCUT2D eigenvalue weighted by Gasteiger charge is 2.07. The van der Waals surface area contributed by atoms with Crippen molar-refractivity contribution in [2.24, 2.45) is 0 Å². The highest BCUT2D eigenvalue weighted by molar-refractivity contribution is 6.31. The minimum atomic E-state index is -0.255. The summed E-state index contributed by atoms with van der Waals surface area (Å²) < 4.78 is 19.2. The van der Waals surface area contributed by atoms with Crippen LogP contribution in [0.4, 0.5) is 4.39 Å². The molecule has 6 heteroatoms. The molecule has 0 unspecified atom stereocenters. The van der Waals surface area contributed by atoms with E-state index in [1.165, 1.54) is 11.0 Å². The van der Waals surface area contributed by atoms with Gasteiger partial charge in [0.05, 0.1) is 0 Å². The second-order valence-electron chi connectivity index (χ2n) is 6.20. The summed E-state index contributed by atoms with van der Waals surface area (Å²) >= 11 is 6.03. The van der Waals surface area contributed by atoms with Gasteiger partial charge in [-0.1, -0.05) is 29.8 Å². The molecular formula is C20H24ClFN2O2. The standard InChI is InChI=1S/C20H24ClFN2O2/c1-24(2)20(25)14-26-16-7-3-6-15(12-16)13-23-11-5-8-17-18(21)9-4-10-19(17)22/h3-4,6-7,9-10,12,23H,5,8,11,13-14H2,1-2H3. The van der Waals surface area contributed by atoms with E-state index < -0.39 is 0 Å². The Balaban J connectivity index is 1.74. The van der Waals surface area contributed by atoms with Crippen molar-refractivity contribution in [1.29, 1.82) is 0 Å². The van der Waals surface area contributed by atoms with Crippen LogP contribution in [0, 0.1) is 5.82 Å². The number of halogens is 2. The Morgan fingerprint density at radius 2 is 2.00 bits per heavy atom. The molecule has 0 aliphatic rings. The van der Waals surface area contributed by atoms with Gasteiger partial charge in [-0.25, -0.2) is 4.39 Å². The molecule has 0 heterocycles. The summed E-state index contributed by atoms with van der Waals surface area (Å²) in [4.78, 5) is 13.1. The highest BCUT2D eigenvalue weighted by Crippen LogP contribution is 2.20. The normalized spacial score (nSPS) is 10.6. The van der Waals surface area contributed by atoms with E-state index in [1.54, 1.807) is 26.2 Å². The minimum absolute atomic E-state index is 0.0211. The summed E-state index contributed by atoms with van der Waals surface area (Å²) in [5.74, 6) is 0.326. The number of ether oxygens (including phenoxy) is 1. The Morgan fingerprint density at radius 3 is 2.73 bits per heavy atom. The molecule has 26 heavy (non-hydrogen) atoms.